The van der Waals surface area contributed by atoms with Gasteiger partial charge in [-0.2, -0.15) is 10.2 Å². The topological polar surface area (TPSA) is 52.1 Å². The molecule has 0 bridgehead atoms. The molecule has 0 saturated heterocycles. The SMILES string of the molecule is Cc1cc(C(=O)C2=CCCO2)c(C)nn1. The number of hydrogen-bond donors (Lipinski definition) is 0. The molecule has 0 saturated carbocycles. The van der Waals surface area contributed by atoms with Gasteiger partial charge in [-0.15, -0.1) is 0 Å². The molecule has 0 unspecified atom stereocenters. The maximum Gasteiger partial charge on any atom is 0.229 e. The summed E-state index contributed by atoms with van der Waals surface area (Å²) in [4.78, 5) is 12.0. The van der Waals surface area contributed by atoms with Crippen LogP contribution in [0.25, 0.3) is 0 Å². The smallest absolute Gasteiger partial charge is 0.229 e. The van der Waals surface area contributed by atoms with Crippen molar-refractivity contribution in [2.45, 2.75) is 20.3 Å². The predicted octanol–water partition coefficient (Wildman–Crippen LogP) is 1.58. The Kier molecular flexibility index (Phi) is 2.49. The van der Waals surface area contributed by atoms with Gasteiger partial charge in [-0.05, 0) is 26.0 Å². The highest BCUT2D eigenvalue weighted by molar-refractivity contribution is 6.08. The maximum absolute atomic E-state index is 12.0. The number of allylic oxidation sites excluding steroid dienone is 1. The minimum atomic E-state index is -0.0944. The first-order valence-electron chi connectivity index (χ1n) is 4.87. The number of rotatable bonds is 2. The lowest BCUT2D eigenvalue weighted by molar-refractivity contribution is 0.0941. The zero-order valence-corrected chi connectivity index (χ0v) is 8.78. The first-order valence-corrected chi connectivity index (χ1v) is 4.87. The van der Waals surface area contributed by atoms with Gasteiger partial charge in [0, 0.05) is 6.42 Å². The van der Waals surface area contributed by atoms with E-state index >= 15 is 0 Å². The van der Waals surface area contributed by atoms with Crippen molar-refractivity contribution < 1.29 is 9.53 Å². The van der Waals surface area contributed by atoms with Gasteiger partial charge in [0.15, 0.2) is 5.76 Å². The zero-order valence-electron chi connectivity index (χ0n) is 8.78. The third-order valence-electron chi connectivity index (χ3n) is 2.27. The van der Waals surface area contributed by atoms with Crippen molar-refractivity contribution in [1.82, 2.24) is 10.2 Å². The Morgan fingerprint density at radius 3 is 2.87 bits per heavy atom. The van der Waals surface area contributed by atoms with Crippen LogP contribution >= 0.6 is 0 Å². The van der Waals surface area contributed by atoms with Crippen molar-refractivity contribution in [2.24, 2.45) is 0 Å². The maximum atomic E-state index is 12.0. The van der Waals surface area contributed by atoms with Crippen molar-refractivity contribution in [3.05, 3.63) is 34.9 Å². The average molecular weight is 204 g/mol. The van der Waals surface area contributed by atoms with Gasteiger partial charge in [0.2, 0.25) is 5.78 Å². The number of Topliss-reactive ketones (excluding diaryl/α,β-unsaturated/α-hetero) is 1. The molecule has 0 amide bonds. The Labute approximate surface area is 88.0 Å². The molecular formula is C11H12N2O2. The second-order valence-corrected chi connectivity index (χ2v) is 3.52. The van der Waals surface area contributed by atoms with E-state index in [2.05, 4.69) is 10.2 Å². The minimum Gasteiger partial charge on any atom is -0.489 e. The van der Waals surface area contributed by atoms with E-state index in [0.29, 0.717) is 23.6 Å². The third kappa shape index (κ3) is 1.88. The number of hydrogen-bond acceptors (Lipinski definition) is 4. The molecule has 1 aromatic rings. The summed E-state index contributed by atoms with van der Waals surface area (Å²) in [5.74, 6) is 0.341. The quantitative estimate of drug-likeness (QED) is 0.686. The molecule has 78 valence electrons. The Morgan fingerprint density at radius 1 is 1.40 bits per heavy atom. The highest BCUT2D eigenvalue weighted by Crippen LogP contribution is 2.17. The van der Waals surface area contributed by atoms with Crippen molar-refractivity contribution >= 4 is 5.78 Å². The monoisotopic (exact) mass is 204 g/mol. The van der Waals surface area contributed by atoms with Crippen LogP contribution < -0.4 is 0 Å². The highest BCUT2D eigenvalue weighted by Gasteiger charge is 2.19. The van der Waals surface area contributed by atoms with Crippen molar-refractivity contribution in [2.75, 3.05) is 6.61 Å². The van der Waals surface area contributed by atoms with Crippen molar-refractivity contribution in [3.8, 4) is 0 Å². The number of carbonyl (C=O) groups excluding carboxylic acids is 1. The number of ether oxygens (including phenoxy) is 1. The first-order chi connectivity index (χ1) is 7.18. The summed E-state index contributed by atoms with van der Waals surface area (Å²) in [6, 6.07) is 1.74. The van der Waals surface area contributed by atoms with Crippen LogP contribution in [0.5, 0.6) is 0 Å². The normalized spacial score (nSPS) is 14.7. The number of aryl methyl sites for hydroxylation is 2. The standard InChI is InChI=1S/C11H12N2O2/c1-7-6-9(8(2)13-12-7)11(14)10-4-3-5-15-10/h4,6H,3,5H2,1-2H3. The van der Waals surface area contributed by atoms with Gasteiger partial charge >= 0.3 is 0 Å². The van der Waals surface area contributed by atoms with Crippen molar-refractivity contribution in [1.29, 1.82) is 0 Å². The minimum absolute atomic E-state index is 0.0944. The van der Waals surface area contributed by atoms with E-state index in [0.717, 1.165) is 12.1 Å². The lowest BCUT2D eigenvalue weighted by atomic mass is 10.1. The molecule has 0 spiro atoms. The third-order valence-corrected chi connectivity index (χ3v) is 2.27. The Bertz CT molecular complexity index is 438. The lowest BCUT2D eigenvalue weighted by Gasteiger charge is -2.05. The fourth-order valence-corrected chi connectivity index (χ4v) is 1.49. The molecular weight excluding hydrogens is 192 g/mol. The molecule has 4 nitrogen and oxygen atoms in total. The van der Waals surface area contributed by atoms with Gasteiger partial charge in [0.25, 0.3) is 0 Å². The molecule has 2 rings (SSSR count). The summed E-state index contributed by atoms with van der Waals surface area (Å²) in [7, 11) is 0. The Hall–Kier alpha value is -1.71. The molecule has 1 aliphatic heterocycles. The molecule has 0 radical (unpaired) electrons. The average Bonchev–Trinajstić information content (AvgIpc) is 2.74. The molecule has 1 aromatic heterocycles. The largest absolute Gasteiger partial charge is 0.489 e. The van der Waals surface area contributed by atoms with Gasteiger partial charge in [0.05, 0.1) is 23.6 Å². The van der Waals surface area contributed by atoms with Crippen molar-refractivity contribution in [3.63, 3.8) is 0 Å². The van der Waals surface area contributed by atoms with Crippen LogP contribution in [0.15, 0.2) is 17.9 Å². The van der Waals surface area contributed by atoms with Crippen LogP contribution in [0.2, 0.25) is 0 Å². The lowest BCUT2D eigenvalue weighted by Crippen LogP contribution is -2.08. The van der Waals surface area contributed by atoms with Crippen LogP contribution in [-0.2, 0) is 4.74 Å². The molecule has 4 heteroatoms. The van der Waals surface area contributed by atoms with Gasteiger partial charge in [-0.1, -0.05) is 0 Å². The second-order valence-electron chi connectivity index (χ2n) is 3.52. The van der Waals surface area contributed by atoms with Gasteiger partial charge in [0.1, 0.15) is 0 Å². The Balaban J connectivity index is 2.36. The highest BCUT2D eigenvalue weighted by atomic mass is 16.5. The van der Waals surface area contributed by atoms with E-state index in [1.807, 2.05) is 13.0 Å². The fraction of sp³-hybridized carbons (Fsp3) is 0.364. The summed E-state index contributed by atoms with van der Waals surface area (Å²) < 4.78 is 5.23. The second kappa shape index (κ2) is 3.81. The van der Waals surface area contributed by atoms with Gasteiger partial charge < -0.3 is 4.74 Å². The summed E-state index contributed by atoms with van der Waals surface area (Å²) in [5.41, 5.74) is 1.96. The summed E-state index contributed by atoms with van der Waals surface area (Å²) in [6.45, 7) is 4.18. The van der Waals surface area contributed by atoms with E-state index in [1.54, 1.807) is 13.0 Å². The Morgan fingerprint density at radius 2 is 2.20 bits per heavy atom. The molecule has 0 aliphatic carbocycles. The molecule has 1 aliphatic rings. The molecule has 2 heterocycles. The molecule has 0 N–H and O–H groups in total. The van der Waals surface area contributed by atoms with E-state index < -0.39 is 0 Å². The number of carbonyl (C=O) groups is 1. The molecule has 0 atom stereocenters. The van der Waals surface area contributed by atoms with Gasteiger partial charge in [-0.3, -0.25) is 4.79 Å². The predicted molar refractivity (Wildman–Crippen MR) is 54.5 cm³/mol. The summed E-state index contributed by atoms with van der Waals surface area (Å²) in [6.07, 6.45) is 2.62. The number of nitrogens with zero attached hydrogens (tertiary/aromatic N) is 2. The number of aromatic nitrogens is 2. The van der Waals surface area contributed by atoms with E-state index in [1.165, 1.54) is 0 Å². The molecule has 0 fully saturated rings. The summed E-state index contributed by atoms with van der Waals surface area (Å²) >= 11 is 0. The van der Waals surface area contributed by atoms with Crippen LogP contribution in [0.3, 0.4) is 0 Å². The van der Waals surface area contributed by atoms with Crippen LogP contribution in [0.1, 0.15) is 28.2 Å². The zero-order chi connectivity index (χ0) is 10.8. The van der Waals surface area contributed by atoms with Crippen LogP contribution in [0.4, 0.5) is 0 Å². The molecule has 0 aromatic carbocycles. The van der Waals surface area contributed by atoms with Gasteiger partial charge in [-0.25, -0.2) is 0 Å². The number of ketones is 1. The van der Waals surface area contributed by atoms with E-state index in [9.17, 15) is 4.79 Å². The first kappa shape index (κ1) is 9.83. The molecule has 15 heavy (non-hydrogen) atoms. The van der Waals surface area contributed by atoms with Crippen LogP contribution in [-0.4, -0.2) is 22.6 Å². The summed E-state index contributed by atoms with van der Waals surface area (Å²) in [5, 5.41) is 7.80. The fourth-order valence-electron chi connectivity index (χ4n) is 1.49. The van der Waals surface area contributed by atoms with E-state index in [4.69, 9.17) is 4.74 Å². The van der Waals surface area contributed by atoms with Crippen LogP contribution in [0, 0.1) is 13.8 Å². The van der Waals surface area contributed by atoms with E-state index in [-0.39, 0.29) is 5.78 Å².